The maximum atomic E-state index is 13.2. The Labute approximate surface area is 192 Å². The number of aryl methyl sites for hydroxylation is 1. The molecule has 2 heterocycles. The molecule has 0 atom stereocenters. The van der Waals surface area contributed by atoms with Crippen molar-refractivity contribution in [3.8, 4) is 0 Å². The van der Waals surface area contributed by atoms with Gasteiger partial charge in [-0.1, -0.05) is 13.0 Å². The zero-order chi connectivity index (χ0) is 23.2. The molecule has 1 fully saturated rings. The van der Waals surface area contributed by atoms with Crippen LogP contribution in [0.4, 0.5) is 14.9 Å². The van der Waals surface area contributed by atoms with Crippen molar-refractivity contribution in [2.24, 2.45) is 0 Å². The van der Waals surface area contributed by atoms with Gasteiger partial charge >= 0.3 is 6.03 Å². The lowest BCUT2D eigenvalue weighted by Crippen LogP contribution is -2.44. The molecule has 2 aromatic carbocycles. The number of fused-ring (bicyclic) bond motifs is 1. The van der Waals surface area contributed by atoms with Gasteiger partial charge in [0.05, 0.1) is 19.8 Å². The maximum absolute atomic E-state index is 13.2. The van der Waals surface area contributed by atoms with E-state index in [0.717, 1.165) is 30.4 Å². The van der Waals surface area contributed by atoms with E-state index in [9.17, 15) is 14.0 Å². The maximum Gasteiger partial charge on any atom is 0.322 e. The molecule has 0 bridgehead atoms. The lowest BCUT2D eigenvalue weighted by Gasteiger charge is -2.30. The normalized spacial score (nSPS) is 14.4. The summed E-state index contributed by atoms with van der Waals surface area (Å²) in [5.74, 6) is -0.369. The molecule has 7 nitrogen and oxygen atoms in total. The van der Waals surface area contributed by atoms with Crippen molar-refractivity contribution in [2.45, 2.75) is 19.9 Å². The van der Waals surface area contributed by atoms with Crippen molar-refractivity contribution in [1.82, 2.24) is 14.8 Å². The first-order valence-electron chi connectivity index (χ1n) is 11.3. The van der Waals surface area contributed by atoms with Gasteiger partial charge in [0, 0.05) is 42.9 Å². The van der Waals surface area contributed by atoms with Crippen LogP contribution in [0.1, 0.15) is 18.1 Å². The number of hydrogen-bond donors (Lipinski definition) is 2. The number of anilines is 1. The summed E-state index contributed by atoms with van der Waals surface area (Å²) in [6.07, 6.45) is 0.899. The number of benzene rings is 2. The molecule has 0 unspecified atom stereocenters. The Kier molecular flexibility index (Phi) is 7.36. The molecule has 0 radical (unpaired) electrons. The lowest BCUT2D eigenvalue weighted by atomic mass is 10.1. The Hall–Kier alpha value is -3.23. The van der Waals surface area contributed by atoms with Crippen molar-refractivity contribution < 1.29 is 13.9 Å². The van der Waals surface area contributed by atoms with E-state index >= 15 is 0 Å². The molecule has 3 aromatic rings. The van der Waals surface area contributed by atoms with Gasteiger partial charge in [-0.15, -0.1) is 0 Å². The number of halogens is 1. The number of morpholine rings is 1. The van der Waals surface area contributed by atoms with E-state index in [2.05, 4.69) is 28.2 Å². The van der Waals surface area contributed by atoms with Crippen molar-refractivity contribution in [3.63, 3.8) is 0 Å². The molecule has 174 valence electrons. The zero-order valence-electron chi connectivity index (χ0n) is 18.8. The van der Waals surface area contributed by atoms with Crippen LogP contribution in [-0.4, -0.2) is 60.2 Å². The molecule has 0 saturated carbocycles. The predicted octanol–water partition coefficient (Wildman–Crippen LogP) is 3.60. The molecule has 1 saturated heterocycles. The number of aromatic nitrogens is 1. The van der Waals surface area contributed by atoms with E-state index in [1.807, 2.05) is 18.2 Å². The fourth-order valence-electron chi connectivity index (χ4n) is 3.92. The number of nitrogens with one attached hydrogen (secondary N) is 2. The Morgan fingerprint density at radius 1 is 1.15 bits per heavy atom. The lowest BCUT2D eigenvalue weighted by molar-refractivity contribution is 0.0349. The Morgan fingerprint density at radius 2 is 1.91 bits per heavy atom. The minimum atomic E-state index is -0.369. The summed E-state index contributed by atoms with van der Waals surface area (Å²) in [4.78, 5) is 32.7. The fraction of sp³-hybridized carbons (Fsp3) is 0.360. The van der Waals surface area contributed by atoms with Crippen LogP contribution < -0.4 is 10.9 Å². The summed E-state index contributed by atoms with van der Waals surface area (Å²) in [5.41, 5.74) is 2.76. The third kappa shape index (κ3) is 5.97. The summed E-state index contributed by atoms with van der Waals surface area (Å²) in [6, 6.07) is 13.1. The molecule has 4 rings (SSSR count). The van der Waals surface area contributed by atoms with Gasteiger partial charge in [-0.2, -0.15) is 0 Å². The minimum absolute atomic E-state index is 0.166. The Bertz CT molecular complexity index is 1160. The second-order valence-electron chi connectivity index (χ2n) is 8.21. The van der Waals surface area contributed by atoms with Crippen LogP contribution in [0.2, 0.25) is 0 Å². The van der Waals surface area contributed by atoms with Gasteiger partial charge in [-0.25, -0.2) is 9.18 Å². The minimum Gasteiger partial charge on any atom is -0.379 e. The topological polar surface area (TPSA) is 77.7 Å². The number of aromatic amines is 1. The number of amides is 2. The van der Waals surface area contributed by atoms with Gasteiger partial charge in [-0.3, -0.25) is 9.69 Å². The van der Waals surface area contributed by atoms with Crippen LogP contribution >= 0.6 is 0 Å². The van der Waals surface area contributed by atoms with E-state index in [-0.39, 0.29) is 24.0 Å². The van der Waals surface area contributed by atoms with Gasteiger partial charge in [0.1, 0.15) is 5.82 Å². The molecule has 33 heavy (non-hydrogen) atoms. The molecule has 1 aromatic heterocycles. The Morgan fingerprint density at radius 3 is 2.64 bits per heavy atom. The first kappa shape index (κ1) is 22.9. The van der Waals surface area contributed by atoms with Crippen LogP contribution in [-0.2, 0) is 17.7 Å². The van der Waals surface area contributed by atoms with Gasteiger partial charge < -0.3 is 19.9 Å². The van der Waals surface area contributed by atoms with Gasteiger partial charge in [0.2, 0.25) is 0 Å². The van der Waals surface area contributed by atoms with Gasteiger partial charge in [0.15, 0.2) is 0 Å². The third-order valence-corrected chi connectivity index (χ3v) is 5.93. The van der Waals surface area contributed by atoms with Crippen molar-refractivity contribution >= 4 is 22.6 Å². The molecule has 1 aliphatic rings. The van der Waals surface area contributed by atoms with E-state index in [0.29, 0.717) is 37.6 Å². The predicted molar refractivity (Wildman–Crippen MR) is 127 cm³/mol. The second kappa shape index (κ2) is 10.6. The van der Waals surface area contributed by atoms with Gasteiger partial charge in [0.25, 0.3) is 5.56 Å². The number of carbonyl (C=O) groups is 1. The molecule has 8 heteroatoms. The Balaban J connectivity index is 1.56. The summed E-state index contributed by atoms with van der Waals surface area (Å²) >= 11 is 0. The van der Waals surface area contributed by atoms with Crippen LogP contribution in [0.5, 0.6) is 0 Å². The quantitative estimate of drug-likeness (QED) is 0.574. The van der Waals surface area contributed by atoms with Crippen molar-refractivity contribution in [1.29, 1.82) is 0 Å². The summed E-state index contributed by atoms with van der Waals surface area (Å²) in [7, 11) is 0. The van der Waals surface area contributed by atoms with E-state index < -0.39 is 0 Å². The van der Waals surface area contributed by atoms with E-state index in [4.69, 9.17) is 4.74 Å². The van der Waals surface area contributed by atoms with Crippen molar-refractivity contribution in [2.75, 3.05) is 44.7 Å². The third-order valence-electron chi connectivity index (χ3n) is 5.93. The summed E-state index contributed by atoms with van der Waals surface area (Å²) < 4.78 is 18.6. The molecular weight excluding hydrogens is 423 g/mol. The highest BCUT2D eigenvalue weighted by molar-refractivity contribution is 5.89. The molecule has 2 amide bonds. The van der Waals surface area contributed by atoms with Crippen LogP contribution in [0.3, 0.4) is 0 Å². The number of nitrogens with zero attached hydrogens (tertiary/aromatic N) is 2. The highest BCUT2D eigenvalue weighted by Crippen LogP contribution is 2.16. The molecule has 1 aliphatic heterocycles. The summed E-state index contributed by atoms with van der Waals surface area (Å²) in [6.45, 7) is 6.33. The average molecular weight is 453 g/mol. The van der Waals surface area contributed by atoms with Gasteiger partial charge in [-0.05, 0) is 59.8 Å². The number of ether oxygens (including phenoxy) is 1. The largest absolute Gasteiger partial charge is 0.379 e. The monoisotopic (exact) mass is 452 g/mol. The summed E-state index contributed by atoms with van der Waals surface area (Å²) in [5, 5.41) is 3.76. The number of H-pyrrole nitrogens is 1. The average Bonchev–Trinajstić information content (AvgIpc) is 2.83. The number of pyridine rings is 1. The first-order valence-corrected chi connectivity index (χ1v) is 11.3. The van der Waals surface area contributed by atoms with E-state index in [1.54, 1.807) is 4.90 Å². The highest BCUT2D eigenvalue weighted by Gasteiger charge is 2.19. The molecular formula is C25H29FN4O3. The smallest absolute Gasteiger partial charge is 0.322 e. The molecule has 0 aliphatic carbocycles. The molecule has 0 spiro atoms. The van der Waals surface area contributed by atoms with Crippen LogP contribution in [0.15, 0.2) is 53.3 Å². The number of carbonyl (C=O) groups excluding carboxylic acids is 1. The fourth-order valence-corrected chi connectivity index (χ4v) is 3.92. The van der Waals surface area contributed by atoms with Crippen molar-refractivity contribution in [3.05, 3.63) is 75.8 Å². The van der Waals surface area contributed by atoms with E-state index in [1.165, 1.54) is 29.8 Å². The number of rotatable bonds is 7. The first-order chi connectivity index (χ1) is 16.0. The second-order valence-corrected chi connectivity index (χ2v) is 8.21. The molecule has 2 N–H and O–H groups in total. The number of urea groups is 1. The SMILES string of the molecule is CCc1ccc2[nH]c(=O)c(CN(CCN3CCOCC3)C(=O)Nc3ccc(F)cc3)cc2c1. The van der Waals surface area contributed by atoms with Crippen LogP contribution in [0.25, 0.3) is 10.9 Å². The van der Waals surface area contributed by atoms with Crippen LogP contribution in [0, 0.1) is 5.82 Å². The zero-order valence-corrected chi connectivity index (χ0v) is 18.8. The standard InChI is InChI=1S/C25H29FN4O3/c1-2-18-3-8-23-19(15-18)16-20(24(31)28-23)17-30(10-9-29-11-13-33-14-12-29)25(32)27-22-6-4-21(26)5-7-22/h3-8,15-16H,2,9-14,17H2,1H3,(H,27,32)(H,28,31). The number of hydrogen-bond acceptors (Lipinski definition) is 4. The highest BCUT2D eigenvalue weighted by atomic mass is 19.1.